The number of aryl methyl sites for hydroxylation is 1. The van der Waals surface area contributed by atoms with Crippen LogP contribution >= 0.6 is 0 Å². The number of ether oxygens (including phenoxy) is 1. The van der Waals surface area contributed by atoms with E-state index < -0.39 is 15.9 Å². The molecule has 0 radical (unpaired) electrons. The average Bonchev–Trinajstić information content (AvgIpc) is 3.12. The van der Waals surface area contributed by atoms with Crippen molar-refractivity contribution in [3.63, 3.8) is 0 Å². The molecule has 10 heteroatoms. The van der Waals surface area contributed by atoms with Crippen molar-refractivity contribution in [1.82, 2.24) is 24.5 Å². The Hall–Kier alpha value is -3.27. The summed E-state index contributed by atoms with van der Waals surface area (Å²) in [6, 6.07) is 6.91. The van der Waals surface area contributed by atoms with E-state index in [0.717, 1.165) is 11.8 Å². The summed E-state index contributed by atoms with van der Waals surface area (Å²) in [5.41, 5.74) is 1.54. The number of sulfonamides is 1. The lowest BCUT2D eigenvalue weighted by Gasteiger charge is -2.09. The third-order valence-electron chi connectivity index (χ3n) is 3.44. The zero-order valence-electron chi connectivity index (χ0n) is 13.9. The van der Waals surface area contributed by atoms with Crippen molar-refractivity contribution in [1.29, 1.82) is 0 Å². The largest absolute Gasteiger partial charge is 0.494 e. The molecule has 3 rings (SSSR count). The molecule has 0 bridgehead atoms. The van der Waals surface area contributed by atoms with E-state index in [-0.39, 0.29) is 10.7 Å². The number of benzene rings is 1. The van der Waals surface area contributed by atoms with E-state index in [2.05, 4.69) is 15.1 Å². The summed E-state index contributed by atoms with van der Waals surface area (Å²) in [7, 11) is -2.60. The number of amides is 1. The Kier molecular flexibility index (Phi) is 4.67. The summed E-state index contributed by atoms with van der Waals surface area (Å²) < 4.78 is 32.9. The van der Waals surface area contributed by atoms with Gasteiger partial charge in [0.05, 0.1) is 13.3 Å². The zero-order valence-corrected chi connectivity index (χ0v) is 14.8. The quantitative estimate of drug-likeness (QED) is 0.712. The van der Waals surface area contributed by atoms with Gasteiger partial charge >= 0.3 is 0 Å². The Balaban J connectivity index is 1.86. The van der Waals surface area contributed by atoms with Crippen LogP contribution in [-0.2, 0) is 10.0 Å². The number of rotatable bonds is 5. The third kappa shape index (κ3) is 3.54. The predicted octanol–water partition coefficient (Wildman–Crippen LogP) is 1.10. The monoisotopic (exact) mass is 373 g/mol. The van der Waals surface area contributed by atoms with E-state index in [4.69, 9.17) is 4.74 Å². The van der Waals surface area contributed by atoms with Crippen LogP contribution in [0.4, 0.5) is 0 Å². The summed E-state index contributed by atoms with van der Waals surface area (Å²) in [5.74, 6) is -0.307. The molecule has 9 nitrogen and oxygen atoms in total. The fourth-order valence-corrected chi connectivity index (χ4v) is 3.06. The Morgan fingerprint density at radius 3 is 2.73 bits per heavy atom. The standard InChI is InChI=1S/C16H15N5O4S/c1-11-3-4-14(25-2)13(9-11)21-8-5-12(19-21)16(22)20-26(23,24)15-10-17-6-7-18-15/h3-10H,1-2H3,(H,20,22). The lowest BCUT2D eigenvalue weighted by molar-refractivity contribution is 0.0976. The molecule has 0 saturated heterocycles. The van der Waals surface area contributed by atoms with E-state index >= 15 is 0 Å². The first-order valence-corrected chi connectivity index (χ1v) is 8.93. The highest BCUT2D eigenvalue weighted by atomic mass is 32.2. The van der Waals surface area contributed by atoms with E-state index in [1.807, 2.05) is 23.8 Å². The van der Waals surface area contributed by atoms with E-state index in [1.165, 1.54) is 30.3 Å². The Morgan fingerprint density at radius 1 is 1.23 bits per heavy atom. The Bertz CT molecular complexity index is 1050. The minimum atomic E-state index is -4.13. The van der Waals surface area contributed by atoms with Crippen molar-refractivity contribution in [3.05, 3.63) is 60.3 Å². The SMILES string of the molecule is COc1ccc(C)cc1-n1ccc(C(=O)NS(=O)(=O)c2cnccn2)n1. The van der Waals surface area contributed by atoms with Gasteiger partial charge in [-0.15, -0.1) is 0 Å². The molecule has 0 saturated carbocycles. The molecular formula is C16H15N5O4S. The van der Waals surface area contributed by atoms with Crippen LogP contribution in [-0.4, -0.2) is 41.2 Å². The normalized spacial score (nSPS) is 11.2. The minimum absolute atomic E-state index is 0.0685. The molecule has 1 amide bonds. The van der Waals surface area contributed by atoms with Crippen molar-refractivity contribution in [2.75, 3.05) is 7.11 Å². The molecule has 2 aromatic heterocycles. The third-order valence-corrected chi connectivity index (χ3v) is 4.66. The van der Waals surface area contributed by atoms with Crippen molar-refractivity contribution in [2.45, 2.75) is 11.9 Å². The van der Waals surface area contributed by atoms with Crippen LogP contribution in [0.1, 0.15) is 16.1 Å². The molecule has 2 heterocycles. The number of carbonyl (C=O) groups is 1. The summed E-state index contributed by atoms with van der Waals surface area (Å²) in [5, 5.41) is 3.78. The molecule has 1 aromatic carbocycles. The lowest BCUT2D eigenvalue weighted by atomic mass is 10.2. The second-order valence-electron chi connectivity index (χ2n) is 5.30. The summed E-state index contributed by atoms with van der Waals surface area (Å²) in [6.07, 6.45) is 5.14. The smallest absolute Gasteiger partial charge is 0.285 e. The lowest BCUT2D eigenvalue weighted by Crippen LogP contribution is -2.31. The van der Waals surface area contributed by atoms with Crippen molar-refractivity contribution >= 4 is 15.9 Å². The Labute approximate surface area is 149 Å². The number of carbonyl (C=O) groups excluding carboxylic acids is 1. The van der Waals surface area contributed by atoms with Crippen molar-refractivity contribution in [3.8, 4) is 11.4 Å². The van der Waals surface area contributed by atoms with Gasteiger partial charge in [0.15, 0.2) is 10.7 Å². The molecule has 0 fully saturated rings. The number of hydrogen-bond donors (Lipinski definition) is 1. The maximum absolute atomic E-state index is 12.3. The maximum atomic E-state index is 12.3. The van der Waals surface area contributed by atoms with Crippen molar-refractivity contribution in [2.24, 2.45) is 0 Å². The second kappa shape index (κ2) is 6.92. The zero-order chi connectivity index (χ0) is 18.7. The van der Waals surface area contributed by atoms with E-state index in [1.54, 1.807) is 12.3 Å². The van der Waals surface area contributed by atoms with Gasteiger partial charge in [-0.3, -0.25) is 9.78 Å². The van der Waals surface area contributed by atoms with Gasteiger partial charge in [-0.1, -0.05) is 6.07 Å². The molecule has 0 unspecified atom stereocenters. The molecule has 1 N–H and O–H groups in total. The first kappa shape index (κ1) is 17.5. The van der Waals surface area contributed by atoms with Gasteiger partial charge in [0.1, 0.15) is 11.4 Å². The topological polar surface area (TPSA) is 116 Å². The average molecular weight is 373 g/mol. The fourth-order valence-electron chi connectivity index (χ4n) is 2.21. The summed E-state index contributed by atoms with van der Waals surface area (Å²) in [4.78, 5) is 19.6. The number of nitrogens with one attached hydrogen (secondary N) is 1. The molecule has 26 heavy (non-hydrogen) atoms. The van der Waals surface area contributed by atoms with Crippen LogP contribution in [0.25, 0.3) is 5.69 Å². The Morgan fingerprint density at radius 2 is 2.04 bits per heavy atom. The molecule has 0 aliphatic heterocycles. The van der Waals surface area contributed by atoms with Crippen LogP contribution in [0.3, 0.4) is 0 Å². The van der Waals surface area contributed by atoms with Gasteiger partial charge in [-0.2, -0.15) is 13.5 Å². The maximum Gasteiger partial charge on any atom is 0.285 e. The summed E-state index contributed by atoms with van der Waals surface area (Å²) >= 11 is 0. The minimum Gasteiger partial charge on any atom is -0.494 e. The second-order valence-corrected chi connectivity index (χ2v) is 6.93. The van der Waals surface area contributed by atoms with Gasteiger partial charge in [-0.05, 0) is 30.7 Å². The van der Waals surface area contributed by atoms with Crippen LogP contribution < -0.4 is 9.46 Å². The fraction of sp³-hybridized carbons (Fsp3) is 0.125. The molecule has 0 atom stereocenters. The predicted molar refractivity (Wildman–Crippen MR) is 91.5 cm³/mol. The molecular weight excluding hydrogens is 358 g/mol. The first-order chi connectivity index (χ1) is 12.4. The van der Waals surface area contributed by atoms with Crippen LogP contribution in [0.15, 0.2) is 54.1 Å². The molecule has 0 aliphatic carbocycles. The van der Waals surface area contributed by atoms with Crippen molar-refractivity contribution < 1.29 is 17.9 Å². The molecule has 134 valence electrons. The van der Waals surface area contributed by atoms with Crippen LogP contribution in [0, 0.1) is 6.92 Å². The highest BCUT2D eigenvalue weighted by Gasteiger charge is 2.22. The molecule has 0 aliphatic rings. The number of nitrogens with zero attached hydrogens (tertiary/aromatic N) is 4. The van der Waals surface area contributed by atoms with Gasteiger partial charge in [0, 0.05) is 18.6 Å². The highest BCUT2D eigenvalue weighted by Crippen LogP contribution is 2.23. The first-order valence-electron chi connectivity index (χ1n) is 7.44. The molecule has 3 aromatic rings. The van der Waals surface area contributed by atoms with Gasteiger partial charge in [0.25, 0.3) is 15.9 Å². The van der Waals surface area contributed by atoms with Crippen LogP contribution in [0.2, 0.25) is 0 Å². The molecule has 0 spiro atoms. The summed E-state index contributed by atoms with van der Waals surface area (Å²) in [6.45, 7) is 1.91. The number of hydrogen-bond acceptors (Lipinski definition) is 7. The van der Waals surface area contributed by atoms with E-state index in [0.29, 0.717) is 11.4 Å². The van der Waals surface area contributed by atoms with Gasteiger partial charge < -0.3 is 4.74 Å². The van der Waals surface area contributed by atoms with Gasteiger partial charge in [-0.25, -0.2) is 14.4 Å². The van der Waals surface area contributed by atoms with E-state index in [9.17, 15) is 13.2 Å². The number of methoxy groups -OCH3 is 1. The van der Waals surface area contributed by atoms with Crippen LogP contribution in [0.5, 0.6) is 5.75 Å². The number of aromatic nitrogens is 4. The highest BCUT2D eigenvalue weighted by molar-refractivity contribution is 7.90. The van der Waals surface area contributed by atoms with Gasteiger partial charge in [0.2, 0.25) is 0 Å².